The number of nitrogens with zero attached hydrogens (tertiary/aromatic N) is 2. The molecule has 1 heterocycles. The number of aromatic nitrogens is 2. The zero-order valence-electron chi connectivity index (χ0n) is 11.2. The van der Waals surface area contributed by atoms with Crippen molar-refractivity contribution >= 4 is 17.3 Å². The Morgan fingerprint density at radius 3 is 2.45 bits per heavy atom. The lowest BCUT2D eigenvalue weighted by Crippen LogP contribution is -2.00. The van der Waals surface area contributed by atoms with Crippen LogP contribution in [0.15, 0.2) is 46.9 Å². The van der Waals surface area contributed by atoms with Crippen molar-refractivity contribution in [2.45, 2.75) is 6.54 Å². The van der Waals surface area contributed by atoms with Crippen LogP contribution < -0.4 is 5.32 Å². The first-order valence-corrected chi connectivity index (χ1v) is 6.77. The molecular weight excluding hydrogens is 312 g/mol. The van der Waals surface area contributed by atoms with Crippen molar-refractivity contribution in [2.24, 2.45) is 0 Å². The molecule has 0 spiro atoms. The zero-order chi connectivity index (χ0) is 15.5. The molecule has 0 unspecified atom stereocenters. The van der Waals surface area contributed by atoms with Crippen molar-refractivity contribution in [3.05, 3.63) is 65.0 Å². The Bertz CT molecular complexity index is 790. The first kappa shape index (κ1) is 14.5. The van der Waals surface area contributed by atoms with Gasteiger partial charge in [0.2, 0.25) is 11.8 Å². The summed E-state index contributed by atoms with van der Waals surface area (Å²) in [5, 5.41) is 11.0. The van der Waals surface area contributed by atoms with Gasteiger partial charge in [-0.15, -0.1) is 10.2 Å². The monoisotopic (exact) mass is 321 g/mol. The maximum absolute atomic E-state index is 13.0. The summed E-state index contributed by atoms with van der Waals surface area (Å²) in [6.45, 7) is 0.236. The molecule has 0 aliphatic rings. The third kappa shape index (κ3) is 3.23. The molecule has 0 bridgehead atoms. The minimum atomic E-state index is -0.410. The van der Waals surface area contributed by atoms with Gasteiger partial charge in [-0.05, 0) is 42.5 Å². The molecule has 1 aromatic heterocycles. The van der Waals surface area contributed by atoms with E-state index in [0.717, 1.165) is 0 Å². The Labute approximate surface area is 129 Å². The van der Waals surface area contributed by atoms with Gasteiger partial charge in [0, 0.05) is 5.56 Å². The van der Waals surface area contributed by atoms with E-state index in [1.165, 1.54) is 30.3 Å². The highest BCUT2D eigenvalue weighted by molar-refractivity contribution is 6.33. The normalized spacial score (nSPS) is 10.7. The van der Waals surface area contributed by atoms with Gasteiger partial charge in [-0.3, -0.25) is 0 Å². The average molecular weight is 322 g/mol. The maximum atomic E-state index is 13.0. The summed E-state index contributed by atoms with van der Waals surface area (Å²) in [7, 11) is 0. The van der Waals surface area contributed by atoms with Crippen LogP contribution in [0.1, 0.15) is 5.89 Å². The van der Waals surface area contributed by atoms with Crippen LogP contribution in [0.5, 0.6) is 0 Å². The molecule has 0 aliphatic heterocycles. The summed E-state index contributed by atoms with van der Waals surface area (Å²) in [5.41, 5.74) is 1.18. The fourth-order valence-electron chi connectivity index (χ4n) is 1.84. The Morgan fingerprint density at radius 1 is 1.00 bits per heavy atom. The van der Waals surface area contributed by atoms with Crippen LogP contribution in [0.2, 0.25) is 5.02 Å². The highest BCUT2D eigenvalue weighted by Gasteiger charge is 2.09. The van der Waals surface area contributed by atoms with Crippen LogP contribution in [-0.4, -0.2) is 10.2 Å². The number of anilines is 1. The van der Waals surface area contributed by atoms with E-state index in [2.05, 4.69) is 15.5 Å². The summed E-state index contributed by atoms with van der Waals surface area (Å²) in [6.07, 6.45) is 0. The number of hydrogen-bond donors (Lipinski definition) is 1. The third-order valence-corrected chi connectivity index (χ3v) is 3.23. The molecule has 0 amide bonds. The van der Waals surface area contributed by atoms with Crippen molar-refractivity contribution in [3.63, 3.8) is 0 Å². The predicted molar refractivity (Wildman–Crippen MR) is 78.4 cm³/mol. The quantitative estimate of drug-likeness (QED) is 0.779. The number of rotatable bonds is 4. The fourth-order valence-corrected chi connectivity index (χ4v) is 2.07. The Balaban J connectivity index is 1.70. The minimum Gasteiger partial charge on any atom is -0.419 e. The van der Waals surface area contributed by atoms with Gasteiger partial charge in [-0.1, -0.05) is 11.6 Å². The van der Waals surface area contributed by atoms with Crippen LogP contribution in [0.3, 0.4) is 0 Å². The molecule has 3 aromatic rings. The molecule has 3 rings (SSSR count). The van der Waals surface area contributed by atoms with Crippen LogP contribution in [0.4, 0.5) is 14.5 Å². The molecule has 0 radical (unpaired) electrons. The van der Waals surface area contributed by atoms with Crippen molar-refractivity contribution in [3.8, 4) is 11.5 Å². The van der Waals surface area contributed by atoms with E-state index >= 15 is 0 Å². The standard InChI is InChI=1S/C15H10ClF2N3O/c16-12-7-11(18)5-6-13(12)19-8-14-20-21-15(22-14)9-1-3-10(17)4-2-9/h1-7,19H,8H2. The topological polar surface area (TPSA) is 51.0 Å². The summed E-state index contributed by atoms with van der Waals surface area (Å²) in [6, 6.07) is 9.77. The molecule has 22 heavy (non-hydrogen) atoms. The molecule has 7 heteroatoms. The Morgan fingerprint density at radius 2 is 1.73 bits per heavy atom. The molecule has 0 saturated carbocycles. The van der Waals surface area contributed by atoms with Gasteiger partial charge in [-0.25, -0.2) is 8.78 Å². The summed E-state index contributed by atoms with van der Waals surface area (Å²) in [5.74, 6) is -0.121. The van der Waals surface area contributed by atoms with E-state index in [9.17, 15) is 8.78 Å². The Hall–Kier alpha value is -2.47. The number of nitrogens with one attached hydrogen (secondary N) is 1. The van der Waals surface area contributed by atoms with Gasteiger partial charge >= 0.3 is 0 Å². The molecular formula is C15H10ClF2N3O. The van der Waals surface area contributed by atoms with E-state index in [-0.39, 0.29) is 17.4 Å². The van der Waals surface area contributed by atoms with Crippen LogP contribution in [0, 0.1) is 11.6 Å². The number of benzene rings is 2. The smallest absolute Gasteiger partial charge is 0.247 e. The van der Waals surface area contributed by atoms with Gasteiger partial charge < -0.3 is 9.73 Å². The van der Waals surface area contributed by atoms with E-state index in [1.807, 2.05) is 0 Å². The van der Waals surface area contributed by atoms with Gasteiger partial charge in [0.05, 0.1) is 17.3 Å². The second-order valence-corrected chi connectivity index (χ2v) is 4.89. The first-order chi connectivity index (χ1) is 10.6. The van der Waals surface area contributed by atoms with E-state index in [4.69, 9.17) is 16.0 Å². The Kier molecular flexibility index (Phi) is 4.02. The van der Waals surface area contributed by atoms with Crippen molar-refractivity contribution in [2.75, 3.05) is 5.32 Å². The molecule has 0 atom stereocenters. The first-order valence-electron chi connectivity index (χ1n) is 6.39. The van der Waals surface area contributed by atoms with Crippen molar-refractivity contribution in [1.29, 1.82) is 0 Å². The molecule has 112 valence electrons. The van der Waals surface area contributed by atoms with E-state index < -0.39 is 5.82 Å². The zero-order valence-corrected chi connectivity index (χ0v) is 11.9. The van der Waals surface area contributed by atoms with Crippen molar-refractivity contribution in [1.82, 2.24) is 10.2 Å². The van der Waals surface area contributed by atoms with Crippen LogP contribution in [-0.2, 0) is 6.54 Å². The molecule has 4 nitrogen and oxygen atoms in total. The molecule has 0 saturated heterocycles. The fraction of sp³-hybridized carbons (Fsp3) is 0.0667. The van der Waals surface area contributed by atoms with Crippen molar-refractivity contribution < 1.29 is 13.2 Å². The summed E-state index contributed by atoms with van der Waals surface area (Å²) in [4.78, 5) is 0. The van der Waals surface area contributed by atoms with E-state index in [0.29, 0.717) is 23.0 Å². The second kappa shape index (κ2) is 6.11. The molecule has 1 N–H and O–H groups in total. The lowest BCUT2D eigenvalue weighted by atomic mass is 10.2. The third-order valence-electron chi connectivity index (χ3n) is 2.92. The maximum Gasteiger partial charge on any atom is 0.247 e. The van der Waals surface area contributed by atoms with Crippen LogP contribution in [0.25, 0.3) is 11.5 Å². The lowest BCUT2D eigenvalue weighted by Gasteiger charge is -2.05. The van der Waals surface area contributed by atoms with Gasteiger partial charge in [0.1, 0.15) is 11.6 Å². The van der Waals surface area contributed by atoms with Crippen LogP contribution >= 0.6 is 11.6 Å². The number of hydrogen-bond acceptors (Lipinski definition) is 4. The van der Waals surface area contributed by atoms with Gasteiger partial charge in [0.15, 0.2) is 0 Å². The summed E-state index contributed by atoms with van der Waals surface area (Å²) >= 11 is 5.91. The molecule has 0 fully saturated rings. The highest BCUT2D eigenvalue weighted by atomic mass is 35.5. The second-order valence-electron chi connectivity index (χ2n) is 4.49. The van der Waals surface area contributed by atoms with E-state index in [1.54, 1.807) is 12.1 Å². The highest BCUT2D eigenvalue weighted by Crippen LogP contribution is 2.23. The lowest BCUT2D eigenvalue weighted by molar-refractivity contribution is 0.515. The summed E-state index contributed by atoms with van der Waals surface area (Å²) < 4.78 is 31.3. The SMILES string of the molecule is Fc1ccc(-c2nnc(CNc3ccc(F)cc3Cl)o2)cc1. The minimum absolute atomic E-state index is 0.236. The van der Waals surface area contributed by atoms with Gasteiger partial charge in [-0.2, -0.15) is 0 Å². The predicted octanol–water partition coefficient (Wildman–Crippen LogP) is 4.28. The molecule has 2 aromatic carbocycles. The number of halogens is 3. The van der Waals surface area contributed by atoms with Gasteiger partial charge in [0.25, 0.3) is 0 Å². The largest absolute Gasteiger partial charge is 0.419 e. The molecule has 0 aliphatic carbocycles. The average Bonchev–Trinajstić information content (AvgIpc) is 2.96.